The molecule has 16 heavy (non-hydrogen) atoms. The van der Waals surface area contributed by atoms with Crippen molar-refractivity contribution >= 4 is 11.3 Å². The summed E-state index contributed by atoms with van der Waals surface area (Å²) in [6.07, 6.45) is 4.33. The molecular weight excluding hydrogens is 220 g/mol. The Labute approximate surface area is 98.9 Å². The van der Waals surface area contributed by atoms with Crippen LogP contribution in [0.2, 0.25) is 0 Å². The SMILES string of the molecule is NCCCCCc1nc(-c2cccs2)n[nH]1. The number of aromatic nitrogens is 3. The van der Waals surface area contributed by atoms with Gasteiger partial charge >= 0.3 is 0 Å². The minimum Gasteiger partial charge on any atom is -0.330 e. The molecule has 0 aromatic carbocycles. The van der Waals surface area contributed by atoms with Crippen LogP contribution in [-0.2, 0) is 6.42 Å². The van der Waals surface area contributed by atoms with E-state index in [-0.39, 0.29) is 0 Å². The molecule has 0 fully saturated rings. The lowest BCUT2D eigenvalue weighted by Gasteiger charge is -1.95. The fourth-order valence-corrected chi connectivity index (χ4v) is 2.19. The highest BCUT2D eigenvalue weighted by Gasteiger charge is 2.05. The van der Waals surface area contributed by atoms with E-state index in [1.54, 1.807) is 11.3 Å². The van der Waals surface area contributed by atoms with Crippen molar-refractivity contribution in [3.8, 4) is 10.7 Å². The molecule has 4 nitrogen and oxygen atoms in total. The first-order valence-corrected chi connectivity index (χ1v) is 6.43. The van der Waals surface area contributed by atoms with Gasteiger partial charge in [0, 0.05) is 6.42 Å². The predicted octanol–water partition coefficient (Wildman–Crippen LogP) is 2.20. The van der Waals surface area contributed by atoms with Crippen molar-refractivity contribution < 1.29 is 0 Å². The van der Waals surface area contributed by atoms with Gasteiger partial charge in [-0.3, -0.25) is 5.10 Å². The molecule has 0 bridgehead atoms. The van der Waals surface area contributed by atoms with Crippen LogP contribution in [0, 0.1) is 0 Å². The Balaban J connectivity index is 1.88. The molecule has 2 aromatic rings. The number of nitrogens with zero attached hydrogens (tertiary/aromatic N) is 2. The Hall–Kier alpha value is -1.20. The summed E-state index contributed by atoms with van der Waals surface area (Å²) in [5, 5.41) is 9.23. The molecule has 0 unspecified atom stereocenters. The fourth-order valence-electron chi connectivity index (χ4n) is 1.54. The van der Waals surface area contributed by atoms with Crippen LogP contribution in [0.1, 0.15) is 25.1 Å². The second-order valence-corrected chi connectivity index (χ2v) is 4.63. The highest BCUT2D eigenvalue weighted by Crippen LogP contribution is 2.20. The molecule has 0 amide bonds. The molecule has 0 saturated carbocycles. The summed E-state index contributed by atoms with van der Waals surface area (Å²) >= 11 is 1.66. The van der Waals surface area contributed by atoms with Crippen molar-refractivity contribution in [3.05, 3.63) is 23.3 Å². The molecule has 0 aliphatic heterocycles. The summed E-state index contributed by atoms with van der Waals surface area (Å²) in [5.41, 5.74) is 5.44. The zero-order valence-electron chi connectivity index (χ0n) is 9.15. The first-order valence-electron chi connectivity index (χ1n) is 5.55. The second-order valence-electron chi connectivity index (χ2n) is 3.68. The van der Waals surface area contributed by atoms with Gasteiger partial charge in [-0.25, -0.2) is 4.98 Å². The standard InChI is InChI=1S/C11H16N4S/c12-7-3-1-2-6-10-13-11(15-14-10)9-5-4-8-16-9/h4-5,8H,1-3,6-7,12H2,(H,13,14,15). The number of hydrogen-bond acceptors (Lipinski definition) is 4. The van der Waals surface area contributed by atoms with E-state index in [0.29, 0.717) is 0 Å². The summed E-state index contributed by atoms with van der Waals surface area (Å²) in [6, 6.07) is 4.04. The molecule has 2 heterocycles. The molecule has 0 aliphatic rings. The molecular formula is C11H16N4S. The normalized spacial score (nSPS) is 10.8. The fraction of sp³-hybridized carbons (Fsp3) is 0.455. The molecule has 5 heteroatoms. The topological polar surface area (TPSA) is 67.6 Å². The monoisotopic (exact) mass is 236 g/mol. The molecule has 0 spiro atoms. The molecule has 0 saturated heterocycles. The minimum atomic E-state index is 0.775. The Morgan fingerprint density at radius 3 is 3.00 bits per heavy atom. The smallest absolute Gasteiger partial charge is 0.191 e. The van der Waals surface area contributed by atoms with Gasteiger partial charge in [0.25, 0.3) is 0 Å². The van der Waals surface area contributed by atoms with Crippen LogP contribution >= 0.6 is 11.3 Å². The number of H-pyrrole nitrogens is 1. The van der Waals surface area contributed by atoms with Gasteiger partial charge in [0.05, 0.1) is 4.88 Å². The lowest BCUT2D eigenvalue weighted by atomic mass is 10.2. The number of rotatable bonds is 6. The Morgan fingerprint density at radius 1 is 1.31 bits per heavy atom. The second kappa shape index (κ2) is 5.77. The largest absolute Gasteiger partial charge is 0.330 e. The lowest BCUT2D eigenvalue weighted by Crippen LogP contribution is -1.98. The van der Waals surface area contributed by atoms with Crippen LogP contribution in [-0.4, -0.2) is 21.7 Å². The summed E-state index contributed by atoms with van der Waals surface area (Å²) in [6.45, 7) is 0.775. The van der Waals surface area contributed by atoms with E-state index in [1.807, 2.05) is 17.5 Å². The van der Waals surface area contributed by atoms with Crippen molar-refractivity contribution in [1.29, 1.82) is 0 Å². The summed E-state index contributed by atoms with van der Waals surface area (Å²) in [7, 11) is 0. The highest BCUT2D eigenvalue weighted by atomic mass is 32.1. The first kappa shape index (κ1) is 11.3. The molecule has 86 valence electrons. The van der Waals surface area contributed by atoms with Crippen LogP contribution < -0.4 is 5.73 Å². The number of thiophene rings is 1. The third kappa shape index (κ3) is 2.90. The van der Waals surface area contributed by atoms with E-state index in [1.165, 1.54) is 0 Å². The van der Waals surface area contributed by atoms with E-state index in [0.717, 1.165) is 48.8 Å². The lowest BCUT2D eigenvalue weighted by molar-refractivity contribution is 0.670. The molecule has 2 aromatic heterocycles. The zero-order valence-corrected chi connectivity index (χ0v) is 9.96. The van der Waals surface area contributed by atoms with Crippen LogP contribution in [0.25, 0.3) is 10.7 Å². The van der Waals surface area contributed by atoms with Crippen LogP contribution in [0.15, 0.2) is 17.5 Å². The maximum Gasteiger partial charge on any atom is 0.191 e. The van der Waals surface area contributed by atoms with Gasteiger partial charge in [-0.1, -0.05) is 12.5 Å². The maximum absolute atomic E-state index is 5.44. The quantitative estimate of drug-likeness (QED) is 0.756. The third-order valence-corrected chi connectivity index (χ3v) is 3.26. The number of nitrogens with two attached hydrogens (primary N) is 1. The van der Waals surface area contributed by atoms with E-state index in [9.17, 15) is 0 Å². The Morgan fingerprint density at radius 2 is 2.25 bits per heavy atom. The average molecular weight is 236 g/mol. The van der Waals surface area contributed by atoms with Crippen molar-refractivity contribution in [2.24, 2.45) is 5.73 Å². The number of hydrogen-bond donors (Lipinski definition) is 2. The van der Waals surface area contributed by atoms with Crippen LogP contribution in [0.3, 0.4) is 0 Å². The van der Waals surface area contributed by atoms with Gasteiger partial charge in [0.2, 0.25) is 0 Å². The van der Waals surface area contributed by atoms with Gasteiger partial charge in [0.15, 0.2) is 5.82 Å². The number of aromatic amines is 1. The highest BCUT2D eigenvalue weighted by molar-refractivity contribution is 7.13. The molecule has 0 atom stereocenters. The summed E-state index contributed by atoms with van der Waals surface area (Å²) in [5.74, 6) is 1.78. The van der Waals surface area contributed by atoms with Crippen LogP contribution in [0.5, 0.6) is 0 Å². The zero-order chi connectivity index (χ0) is 11.2. The molecule has 2 rings (SSSR count). The van der Waals surface area contributed by atoms with Gasteiger partial charge in [-0.15, -0.1) is 11.3 Å². The first-order chi connectivity index (χ1) is 7.90. The third-order valence-electron chi connectivity index (χ3n) is 2.39. The predicted molar refractivity (Wildman–Crippen MR) is 66.3 cm³/mol. The van der Waals surface area contributed by atoms with Crippen molar-refractivity contribution in [2.75, 3.05) is 6.54 Å². The van der Waals surface area contributed by atoms with Gasteiger partial charge in [-0.05, 0) is 30.8 Å². The minimum absolute atomic E-state index is 0.775. The van der Waals surface area contributed by atoms with Gasteiger partial charge in [0.1, 0.15) is 5.82 Å². The molecule has 3 N–H and O–H groups in total. The summed E-state index contributed by atoms with van der Waals surface area (Å²) < 4.78 is 0. The van der Waals surface area contributed by atoms with E-state index >= 15 is 0 Å². The molecule has 0 aliphatic carbocycles. The maximum atomic E-state index is 5.44. The number of aryl methyl sites for hydroxylation is 1. The number of nitrogens with one attached hydrogen (secondary N) is 1. The van der Waals surface area contributed by atoms with Gasteiger partial charge < -0.3 is 5.73 Å². The Bertz CT molecular complexity index is 407. The van der Waals surface area contributed by atoms with Crippen LogP contribution in [0.4, 0.5) is 0 Å². The van der Waals surface area contributed by atoms with E-state index < -0.39 is 0 Å². The van der Waals surface area contributed by atoms with Gasteiger partial charge in [-0.2, -0.15) is 5.10 Å². The van der Waals surface area contributed by atoms with E-state index in [2.05, 4.69) is 15.2 Å². The summed E-state index contributed by atoms with van der Waals surface area (Å²) in [4.78, 5) is 5.58. The number of unbranched alkanes of at least 4 members (excludes halogenated alkanes) is 2. The van der Waals surface area contributed by atoms with E-state index in [4.69, 9.17) is 5.73 Å². The van der Waals surface area contributed by atoms with Crippen molar-refractivity contribution in [2.45, 2.75) is 25.7 Å². The van der Waals surface area contributed by atoms with Crippen molar-refractivity contribution in [3.63, 3.8) is 0 Å². The van der Waals surface area contributed by atoms with Crippen molar-refractivity contribution in [1.82, 2.24) is 15.2 Å². The average Bonchev–Trinajstić information content (AvgIpc) is 2.94. The Kier molecular flexibility index (Phi) is 4.07. The molecule has 0 radical (unpaired) electrons.